The van der Waals surface area contributed by atoms with Crippen molar-refractivity contribution in [2.45, 2.75) is 45.8 Å². The van der Waals surface area contributed by atoms with Crippen LogP contribution in [0.5, 0.6) is 0 Å². The SMILES string of the molecule is CC(C)=CCn1c(N2CCCC(N)C2)nc2c1c(=O)n(Cc1n[nH]c(=O)c3ccccc13)c(=O)n2C. The molecule has 1 fully saturated rings. The first-order valence-electron chi connectivity index (χ1n) is 12.1. The third-order valence-corrected chi connectivity index (χ3v) is 6.72. The summed E-state index contributed by atoms with van der Waals surface area (Å²) in [6, 6.07) is 7.02. The van der Waals surface area contributed by atoms with Crippen LogP contribution < -0.4 is 27.4 Å². The predicted octanol–water partition coefficient (Wildman–Crippen LogP) is 1.08. The lowest BCUT2D eigenvalue weighted by Crippen LogP contribution is -2.44. The molecule has 4 aromatic rings. The number of aryl methyl sites for hydroxylation is 1. The number of imidazole rings is 1. The number of allylic oxidation sites excluding steroid dienone is 2. The molecule has 4 heterocycles. The quantitative estimate of drug-likeness (QED) is 0.399. The zero-order valence-corrected chi connectivity index (χ0v) is 20.7. The minimum absolute atomic E-state index is 0.0236. The first kappa shape index (κ1) is 23.7. The summed E-state index contributed by atoms with van der Waals surface area (Å²) in [5.41, 5.74) is 7.17. The van der Waals surface area contributed by atoms with E-state index in [1.54, 1.807) is 31.3 Å². The van der Waals surface area contributed by atoms with Gasteiger partial charge in [0, 0.05) is 38.1 Å². The number of rotatable bonds is 5. The molecule has 1 aliphatic heterocycles. The van der Waals surface area contributed by atoms with Crippen LogP contribution in [0.15, 0.2) is 50.3 Å². The van der Waals surface area contributed by atoms with Crippen LogP contribution in [0.1, 0.15) is 32.4 Å². The van der Waals surface area contributed by atoms with E-state index < -0.39 is 11.2 Å². The number of aromatic nitrogens is 6. The molecule has 3 aromatic heterocycles. The highest BCUT2D eigenvalue weighted by Gasteiger charge is 2.26. The van der Waals surface area contributed by atoms with Crippen LogP contribution in [0.4, 0.5) is 5.95 Å². The molecule has 0 aliphatic carbocycles. The summed E-state index contributed by atoms with van der Waals surface area (Å²) in [7, 11) is 1.61. The van der Waals surface area contributed by atoms with Gasteiger partial charge in [0.1, 0.15) is 0 Å². The van der Waals surface area contributed by atoms with Gasteiger partial charge in [-0.3, -0.25) is 18.7 Å². The topological polar surface area (TPSA) is 137 Å². The molecule has 188 valence electrons. The molecular formula is C25H30N8O3. The van der Waals surface area contributed by atoms with Crippen LogP contribution >= 0.6 is 0 Å². The molecule has 1 aromatic carbocycles. The van der Waals surface area contributed by atoms with E-state index >= 15 is 0 Å². The van der Waals surface area contributed by atoms with Crippen molar-refractivity contribution in [2.24, 2.45) is 12.8 Å². The number of anilines is 1. The number of nitrogens with zero attached hydrogens (tertiary/aromatic N) is 6. The molecule has 1 unspecified atom stereocenters. The number of fused-ring (bicyclic) bond motifs is 2. The Kier molecular flexibility index (Phi) is 6.09. The molecule has 3 N–H and O–H groups in total. The van der Waals surface area contributed by atoms with Crippen LogP contribution in [0.2, 0.25) is 0 Å². The maximum atomic E-state index is 13.9. The number of aromatic amines is 1. The summed E-state index contributed by atoms with van der Waals surface area (Å²) < 4.78 is 4.43. The molecule has 1 aliphatic rings. The molecule has 0 bridgehead atoms. The lowest BCUT2D eigenvalue weighted by molar-refractivity contribution is 0.495. The van der Waals surface area contributed by atoms with Gasteiger partial charge in [0.15, 0.2) is 11.2 Å². The zero-order valence-electron chi connectivity index (χ0n) is 20.7. The monoisotopic (exact) mass is 490 g/mol. The van der Waals surface area contributed by atoms with E-state index in [0.29, 0.717) is 46.7 Å². The highest BCUT2D eigenvalue weighted by Crippen LogP contribution is 2.23. The van der Waals surface area contributed by atoms with Gasteiger partial charge in [0.05, 0.1) is 17.6 Å². The third kappa shape index (κ3) is 4.05. The molecule has 5 rings (SSSR count). The lowest BCUT2D eigenvalue weighted by Gasteiger charge is -2.31. The summed E-state index contributed by atoms with van der Waals surface area (Å²) in [5.74, 6) is 0.634. The molecule has 1 saturated heterocycles. The van der Waals surface area contributed by atoms with E-state index in [2.05, 4.69) is 15.1 Å². The minimum Gasteiger partial charge on any atom is -0.341 e. The van der Waals surface area contributed by atoms with Gasteiger partial charge in [-0.25, -0.2) is 9.89 Å². The Hall–Kier alpha value is -3.99. The third-order valence-electron chi connectivity index (χ3n) is 6.72. The van der Waals surface area contributed by atoms with E-state index in [4.69, 9.17) is 10.7 Å². The van der Waals surface area contributed by atoms with Crippen LogP contribution in [-0.4, -0.2) is 48.0 Å². The summed E-state index contributed by atoms with van der Waals surface area (Å²) >= 11 is 0. The van der Waals surface area contributed by atoms with E-state index in [1.807, 2.05) is 24.5 Å². The largest absolute Gasteiger partial charge is 0.341 e. The fraction of sp³-hybridized carbons (Fsp3) is 0.400. The number of nitrogens with two attached hydrogens (primary N) is 1. The summed E-state index contributed by atoms with van der Waals surface area (Å²) in [6.45, 7) is 5.76. The van der Waals surface area contributed by atoms with Gasteiger partial charge in [0.2, 0.25) is 5.95 Å². The Morgan fingerprint density at radius 1 is 1.17 bits per heavy atom. The molecule has 36 heavy (non-hydrogen) atoms. The van der Waals surface area contributed by atoms with Crippen molar-refractivity contribution in [1.82, 2.24) is 28.9 Å². The average Bonchev–Trinajstić information content (AvgIpc) is 3.25. The second kappa shape index (κ2) is 9.23. The Bertz CT molecular complexity index is 1670. The van der Waals surface area contributed by atoms with E-state index in [1.165, 1.54) is 4.57 Å². The lowest BCUT2D eigenvalue weighted by atomic mass is 10.1. The maximum Gasteiger partial charge on any atom is 0.332 e. The van der Waals surface area contributed by atoms with Crippen molar-refractivity contribution in [3.8, 4) is 0 Å². The van der Waals surface area contributed by atoms with E-state index in [0.717, 1.165) is 29.5 Å². The number of H-pyrrole nitrogens is 1. The molecule has 11 nitrogen and oxygen atoms in total. The summed E-state index contributed by atoms with van der Waals surface area (Å²) in [5, 5.41) is 7.68. The fourth-order valence-electron chi connectivity index (χ4n) is 4.82. The molecule has 0 amide bonds. The molecule has 0 saturated carbocycles. The number of piperidine rings is 1. The van der Waals surface area contributed by atoms with Gasteiger partial charge in [-0.15, -0.1) is 0 Å². The van der Waals surface area contributed by atoms with Crippen molar-refractivity contribution < 1.29 is 0 Å². The summed E-state index contributed by atoms with van der Waals surface area (Å²) in [6.07, 6.45) is 3.90. The number of hydrogen-bond donors (Lipinski definition) is 2. The molecular weight excluding hydrogens is 460 g/mol. The summed E-state index contributed by atoms with van der Waals surface area (Å²) in [4.78, 5) is 46.3. The van der Waals surface area contributed by atoms with Crippen molar-refractivity contribution in [2.75, 3.05) is 18.0 Å². The van der Waals surface area contributed by atoms with Crippen molar-refractivity contribution in [1.29, 1.82) is 0 Å². The van der Waals surface area contributed by atoms with Crippen molar-refractivity contribution >= 4 is 27.9 Å². The van der Waals surface area contributed by atoms with Gasteiger partial charge in [0.25, 0.3) is 11.1 Å². The van der Waals surface area contributed by atoms with Gasteiger partial charge in [-0.1, -0.05) is 29.8 Å². The number of nitrogens with one attached hydrogen (secondary N) is 1. The molecule has 1 atom stereocenters. The van der Waals surface area contributed by atoms with Gasteiger partial charge >= 0.3 is 5.69 Å². The standard InChI is InChI=1S/C25H30N8O3/c1-15(2)10-12-32-20-21(27-24(32)31-11-6-7-16(26)13-31)30(3)25(36)33(23(20)35)14-19-17-8-4-5-9-18(17)22(34)29-28-19/h4-5,8-10,16H,6-7,11-14,26H2,1-3H3,(H,29,34). The fourth-order valence-corrected chi connectivity index (χ4v) is 4.82. The number of hydrogen-bond acceptors (Lipinski definition) is 7. The second-order valence-electron chi connectivity index (χ2n) is 9.60. The highest BCUT2D eigenvalue weighted by molar-refractivity contribution is 5.83. The van der Waals surface area contributed by atoms with Gasteiger partial charge in [-0.05, 0) is 32.8 Å². The van der Waals surface area contributed by atoms with Crippen molar-refractivity contribution in [3.05, 3.63) is 72.8 Å². The average molecular weight is 491 g/mol. The van der Waals surface area contributed by atoms with Crippen LogP contribution in [0, 0.1) is 0 Å². The second-order valence-corrected chi connectivity index (χ2v) is 9.60. The first-order valence-corrected chi connectivity index (χ1v) is 12.1. The smallest absolute Gasteiger partial charge is 0.332 e. The Morgan fingerprint density at radius 2 is 1.92 bits per heavy atom. The van der Waals surface area contributed by atoms with Crippen LogP contribution in [0.25, 0.3) is 21.9 Å². The maximum absolute atomic E-state index is 13.9. The molecule has 0 radical (unpaired) electrons. The van der Waals surface area contributed by atoms with E-state index in [9.17, 15) is 14.4 Å². The van der Waals surface area contributed by atoms with Crippen LogP contribution in [-0.2, 0) is 20.1 Å². The first-order chi connectivity index (χ1) is 17.3. The molecule has 0 spiro atoms. The Morgan fingerprint density at radius 3 is 2.64 bits per heavy atom. The zero-order chi connectivity index (χ0) is 25.6. The van der Waals surface area contributed by atoms with E-state index in [-0.39, 0.29) is 18.1 Å². The Balaban J connectivity index is 1.73. The van der Waals surface area contributed by atoms with Crippen LogP contribution in [0.3, 0.4) is 0 Å². The normalized spacial score (nSPS) is 16.1. The van der Waals surface area contributed by atoms with Gasteiger partial charge < -0.3 is 15.2 Å². The predicted molar refractivity (Wildman–Crippen MR) is 140 cm³/mol. The van der Waals surface area contributed by atoms with Crippen molar-refractivity contribution in [3.63, 3.8) is 0 Å². The minimum atomic E-state index is -0.502. The number of benzene rings is 1. The highest BCUT2D eigenvalue weighted by atomic mass is 16.2. The Labute approximate surface area is 206 Å². The van der Waals surface area contributed by atoms with Gasteiger partial charge in [-0.2, -0.15) is 10.1 Å². The molecule has 11 heteroatoms.